The molecule has 24 heavy (non-hydrogen) atoms. The molecule has 0 aliphatic carbocycles. The Kier molecular flexibility index (Phi) is 7.09. The number of hydrogen-bond acceptors (Lipinski definition) is 5. The van der Waals surface area contributed by atoms with Gasteiger partial charge < -0.3 is 19.3 Å². The molecule has 1 fully saturated rings. The zero-order chi connectivity index (χ0) is 17.5. The summed E-state index contributed by atoms with van der Waals surface area (Å²) in [6, 6.07) is 5.80. The number of methoxy groups -OCH3 is 1. The average molecular weight is 335 g/mol. The van der Waals surface area contributed by atoms with E-state index >= 15 is 0 Å². The van der Waals surface area contributed by atoms with Crippen molar-refractivity contribution in [1.29, 1.82) is 0 Å². The number of ether oxygens (including phenoxy) is 3. The molecule has 1 aromatic carbocycles. The SMILES string of the molecule is C=CCc1ccc(OC[C@H](O)CN2C[C@@H](C)O[C@@H](C)C2)c(OC)c1. The summed E-state index contributed by atoms with van der Waals surface area (Å²) in [7, 11) is 1.62. The third-order valence-corrected chi connectivity index (χ3v) is 4.00. The van der Waals surface area contributed by atoms with E-state index in [1.807, 2.05) is 24.3 Å². The molecule has 0 aromatic heterocycles. The number of aliphatic hydroxyl groups is 1. The lowest BCUT2D eigenvalue weighted by Crippen LogP contribution is -2.48. The Morgan fingerprint density at radius 2 is 2.04 bits per heavy atom. The van der Waals surface area contributed by atoms with Gasteiger partial charge in [0, 0.05) is 19.6 Å². The zero-order valence-electron chi connectivity index (χ0n) is 14.9. The van der Waals surface area contributed by atoms with Crippen LogP contribution in [0, 0.1) is 0 Å². The normalized spacial score (nSPS) is 22.8. The standard InChI is InChI=1S/C19H29NO4/c1-5-6-16-7-8-18(19(9-16)22-4)23-13-17(21)12-20-10-14(2)24-15(3)11-20/h5,7-9,14-15,17,21H,1,6,10-13H2,2-4H3/t14-,15+,17-/m1/s1. The molecule has 1 aliphatic heterocycles. The number of β-amino-alcohol motifs (C(OH)–C–C–N with tert-alkyl or cyclic N) is 1. The van der Waals surface area contributed by atoms with Crippen molar-refractivity contribution in [2.24, 2.45) is 0 Å². The quantitative estimate of drug-likeness (QED) is 0.739. The van der Waals surface area contributed by atoms with E-state index in [1.165, 1.54) is 0 Å². The molecule has 0 saturated carbocycles. The lowest BCUT2D eigenvalue weighted by Gasteiger charge is -2.36. The molecule has 0 bridgehead atoms. The predicted octanol–water partition coefficient (Wildman–Crippen LogP) is 2.27. The van der Waals surface area contributed by atoms with Gasteiger partial charge >= 0.3 is 0 Å². The van der Waals surface area contributed by atoms with Gasteiger partial charge in [-0.05, 0) is 38.0 Å². The van der Waals surface area contributed by atoms with Gasteiger partial charge in [0.25, 0.3) is 0 Å². The Balaban J connectivity index is 1.86. The lowest BCUT2D eigenvalue weighted by molar-refractivity contribution is -0.0787. The second-order valence-electron chi connectivity index (χ2n) is 6.42. The Morgan fingerprint density at radius 3 is 2.67 bits per heavy atom. The summed E-state index contributed by atoms with van der Waals surface area (Å²) in [4.78, 5) is 2.22. The number of rotatable bonds is 8. The van der Waals surface area contributed by atoms with E-state index in [9.17, 15) is 5.11 Å². The smallest absolute Gasteiger partial charge is 0.161 e. The highest BCUT2D eigenvalue weighted by Gasteiger charge is 2.24. The number of allylic oxidation sites excluding steroid dienone is 1. The van der Waals surface area contributed by atoms with Gasteiger partial charge in [0.05, 0.1) is 19.3 Å². The molecule has 1 N–H and O–H groups in total. The van der Waals surface area contributed by atoms with Gasteiger partial charge in [0.1, 0.15) is 12.7 Å². The Hall–Kier alpha value is -1.56. The second-order valence-corrected chi connectivity index (χ2v) is 6.42. The number of nitrogens with zero attached hydrogens (tertiary/aromatic N) is 1. The molecule has 3 atom stereocenters. The largest absolute Gasteiger partial charge is 0.493 e. The first-order valence-electron chi connectivity index (χ1n) is 8.48. The van der Waals surface area contributed by atoms with Crippen molar-refractivity contribution in [3.63, 3.8) is 0 Å². The van der Waals surface area contributed by atoms with Crippen molar-refractivity contribution in [2.45, 2.75) is 38.6 Å². The molecular formula is C19H29NO4. The van der Waals surface area contributed by atoms with Crippen LogP contribution in [0.15, 0.2) is 30.9 Å². The van der Waals surface area contributed by atoms with Crippen LogP contribution in [0.1, 0.15) is 19.4 Å². The van der Waals surface area contributed by atoms with Gasteiger partial charge in [-0.2, -0.15) is 0 Å². The van der Waals surface area contributed by atoms with Crippen LogP contribution in [0.5, 0.6) is 11.5 Å². The zero-order valence-corrected chi connectivity index (χ0v) is 14.9. The van der Waals surface area contributed by atoms with Gasteiger partial charge in [-0.3, -0.25) is 4.90 Å². The van der Waals surface area contributed by atoms with Crippen LogP contribution < -0.4 is 9.47 Å². The van der Waals surface area contributed by atoms with Crippen LogP contribution in [0.2, 0.25) is 0 Å². The number of hydrogen-bond donors (Lipinski definition) is 1. The third-order valence-electron chi connectivity index (χ3n) is 4.00. The Bertz CT molecular complexity index is 524. The molecule has 1 saturated heterocycles. The van der Waals surface area contributed by atoms with Crippen molar-refractivity contribution in [3.05, 3.63) is 36.4 Å². The first-order valence-corrected chi connectivity index (χ1v) is 8.48. The molecule has 2 rings (SSSR count). The third kappa shape index (κ3) is 5.51. The summed E-state index contributed by atoms with van der Waals surface area (Å²) < 4.78 is 16.8. The minimum absolute atomic E-state index is 0.194. The van der Waals surface area contributed by atoms with E-state index in [2.05, 4.69) is 25.3 Å². The highest BCUT2D eigenvalue weighted by Crippen LogP contribution is 2.28. The molecule has 0 unspecified atom stereocenters. The first-order chi connectivity index (χ1) is 11.5. The molecule has 5 nitrogen and oxygen atoms in total. The van der Waals surface area contributed by atoms with Crippen molar-refractivity contribution in [3.8, 4) is 11.5 Å². The summed E-state index contributed by atoms with van der Waals surface area (Å²) in [6.45, 7) is 10.3. The summed E-state index contributed by atoms with van der Waals surface area (Å²) in [6.07, 6.45) is 2.47. The molecule has 0 amide bonds. The minimum atomic E-state index is -0.556. The van der Waals surface area contributed by atoms with E-state index < -0.39 is 6.10 Å². The number of benzene rings is 1. The Labute approximate surface area is 144 Å². The fourth-order valence-corrected chi connectivity index (χ4v) is 3.10. The van der Waals surface area contributed by atoms with Crippen LogP contribution in [0.3, 0.4) is 0 Å². The van der Waals surface area contributed by atoms with Crippen molar-refractivity contribution in [1.82, 2.24) is 4.90 Å². The fraction of sp³-hybridized carbons (Fsp3) is 0.579. The van der Waals surface area contributed by atoms with Gasteiger partial charge in [0.15, 0.2) is 11.5 Å². The maximum atomic E-state index is 10.3. The van der Waals surface area contributed by atoms with Crippen LogP contribution in [-0.2, 0) is 11.2 Å². The van der Waals surface area contributed by atoms with E-state index in [0.29, 0.717) is 18.0 Å². The summed E-state index contributed by atoms with van der Waals surface area (Å²) in [5.74, 6) is 1.32. The molecule has 1 heterocycles. The van der Waals surface area contributed by atoms with Crippen molar-refractivity contribution < 1.29 is 19.3 Å². The maximum Gasteiger partial charge on any atom is 0.161 e. The molecular weight excluding hydrogens is 306 g/mol. The van der Waals surface area contributed by atoms with Gasteiger partial charge in [0.2, 0.25) is 0 Å². The van der Waals surface area contributed by atoms with Gasteiger partial charge in [-0.1, -0.05) is 12.1 Å². The van der Waals surface area contributed by atoms with E-state index in [-0.39, 0.29) is 18.8 Å². The molecule has 1 aliphatic rings. The summed E-state index contributed by atoms with van der Waals surface area (Å²) >= 11 is 0. The number of morpholine rings is 1. The molecule has 5 heteroatoms. The highest BCUT2D eigenvalue weighted by atomic mass is 16.5. The summed E-state index contributed by atoms with van der Waals surface area (Å²) in [5, 5.41) is 10.3. The van der Waals surface area contributed by atoms with Crippen molar-refractivity contribution in [2.75, 3.05) is 33.4 Å². The summed E-state index contributed by atoms with van der Waals surface area (Å²) in [5.41, 5.74) is 1.12. The minimum Gasteiger partial charge on any atom is -0.493 e. The average Bonchev–Trinajstić information content (AvgIpc) is 2.52. The maximum absolute atomic E-state index is 10.3. The van der Waals surface area contributed by atoms with Crippen LogP contribution >= 0.6 is 0 Å². The lowest BCUT2D eigenvalue weighted by atomic mass is 10.1. The monoisotopic (exact) mass is 335 g/mol. The molecule has 1 aromatic rings. The van der Waals surface area contributed by atoms with Crippen LogP contribution in [0.4, 0.5) is 0 Å². The van der Waals surface area contributed by atoms with E-state index in [0.717, 1.165) is 25.1 Å². The predicted molar refractivity (Wildman–Crippen MR) is 94.8 cm³/mol. The highest BCUT2D eigenvalue weighted by molar-refractivity contribution is 5.43. The molecule has 0 spiro atoms. The first kappa shape index (κ1) is 18.8. The van der Waals surface area contributed by atoms with Crippen LogP contribution in [-0.4, -0.2) is 61.7 Å². The van der Waals surface area contributed by atoms with Crippen molar-refractivity contribution >= 4 is 0 Å². The van der Waals surface area contributed by atoms with Crippen LogP contribution in [0.25, 0.3) is 0 Å². The number of aliphatic hydroxyl groups excluding tert-OH is 1. The Morgan fingerprint density at radius 1 is 1.33 bits per heavy atom. The fourth-order valence-electron chi connectivity index (χ4n) is 3.10. The topological polar surface area (TPSA) is 51.2 Å². The second kappa shape index (κ2) is 9.06. The van der Waals surface area contributed by atoms with E-state index in [1.54, 1.807) is 7.11 Å². The van der Waals surface area contributed by atoms with Gasteiger partial charge in [-0.15, -0.1) is 6.58 Å². The van der Waals surface area contributed by atoms with Gasteiger partial charge in [-0.25, -0.2) is 0 Å². The van der Waals surface area contributed by atoms with E-state index in [4.69, 9.17) is 14.2 Å². The molecule has 134 valence electrons. The molecule has 0 radical (unpaired) electrons.